The fourth-order valence-electron chi connectivity index (χ4n) is 1.67. The van der Waals surface area contributed by atoms with E-state index < -0.39 is 5.54 Å². The van der Waals surface area contributed by atoms with Gasteiger partial charge in [0.15, 0.2) is 0 Å². The summed E-state index contributed by atoms with van der Waals surface area (Å²) in [7, 11) is 0. The van der Waals surface area contributed by atoms with Crippen molar-refractivity contribution >= 4 is 0 Å². The van der Waals surface area contributed by atoms with Gasteiger partial charge in [0, 0.05) is 6.20 Å². The molecule has 2 rings (SSSR count). The first kappa shape index (κ1) is 10.8. The number of rotatable bonds is 2. The second kappa shape index (κ2) is 3.72. The molecule has 0 aliphatic heterocycles. The minimum atomic E-state index is -0.418. The van der Waals surface area contributed by atoms with Crippen molar-refractivity contribution in [1.29, 1.82) is 0 Å². The van der Waals surface area contributed by atoms with Crippen LogP contribution in [0.2, 0.25) is 0 Å². The Labute approximate surface area is 95.1 Å². The van der Waals surface area contributed by atoms with Crippen LogP contribution >= 0.6 is 0 Å². The van der Waals surface area contributed by atoms with Gasteiger partial charge in [-0.3, -0.25) is 9.55 Å². The molecule has 2 heterocycles. The molecule has 0 radical (unpaired) electrons. The highest BCUT2D eigenvalue weighted by Gasteiger charge is 2.20. The molecule has 0 amide bonds. The molecular formula is C12H16N4. The summed E-state index contributed by atoms with van der Waals surface area (Å²) in [5.41, 5.74) is 8.84. The van der Waals surface area contributed by atoms with Gasteiger partial charge in [0.05, 0.1) is 35.6 Å². The fraction of sp³-hybridized carbons (Fsp3) is 0.333. The molecule has 4 heteroatoms. The standard InChI is InChI=1S/C12H16N4/c1-9-4-5-14-6-10(9)16-8-15-7-11(16)12(2,3)13/h4-8H,13H2,1-3H3. The molecule has 2 aromatic rings. The Bertz CT molecular complexity index is 494. The predicted molar refractivity (Wildman–Crippen MR) is 63.3 cm³/mol. The summed E-state index contributed by atoms with van der Waals surface area (Å²) < 4.78 is 1.99. The van der Waals surface area contributed by atoms with Crippen molar-refractivity contribution in [2.45, 2.75) is 26.3 Å². The molecule has 2 aromatic heterocycles. The molecule has 0 unspecified atom stereocenters. The molecular weight excluding hydrogens is 200 g/mol. The van der Waals surface area contributed by atoms with E-state index >= 15 is 0 Å². The number of nitrogens with zero attached hydrogens (tertiary/aromatic N) is 3. The lowest BCUT2D eigenvalue weighted by Gasteiger charge is -2.21. The van der Waals surface area contributed by atoms with Crippen molar-refractivity contribution in [1.82, 2.24) is 14.5 Å². The third-order valence-corrected chi connectivity index (χ3v) is 2.57. The topological polar surface area (TPSA) is 56.7 Å². The molecule has 84 valence electrons. The van der Waals surface area contributed by atoms with Gasteiger partial charge >= 0.3 is 0 Å². The Hall–Kier alpha value is -1.68. The normalized spacial score (nSPS) is 11.8. The Balaban J connectivity index is 2.58. The maximum absolute atomic E-state index is 6.11. The minimum Gasteiger partial charge on any atom is -0.321 e. The van der Waals surface area contributed by atoms with E-state index in [-0.39, 0.29) is 0 Å². The highest BCUT2D eigenvalue weighted by atomic mass is 15.1. The van der Waals surface area contributed by atoms with E-state index in [1.165, 1.54) is 0 Å². The number of aromatic nitrogens is 3. The van der Waals surface area contributed by atoms with Crippen molar-refractivity contribution in [2.24, 2.45) is 5.73 Å². The highest BCUT2D eigenvalue weighted by molar-refractivity contribution is 5.39. The van der Waals surface area contributed by atoms with Crippen molar-refractivity contribution in [2.75, 3.05) is 0 Å². The SMILES string of the molecule is Cc1ccncc1-n1cncc1C(C)(C)N. The van der Waals surface area contributed by atoms with Crippen molar-refractivity contribution in [3.8, 4) is 5.69 Å². The van der Waals surface area contributed by atoms with Crippen LogP contribution < -0.4 is 5.73 Å². The van der Waals surface area contributed by atoms with Gasteiger partial charge in [0.1, 0.15) is 0 Å². The van der Waals surface area contributed by atoms with Crippen LogP contribution in [0.4, 0.5) is 0 Å². The number of aryl methyl sites for hydroxylation is 1. The van der Waals surface area contributed by atoms with Gasteiger partial charge in [-0.05, 0) is 32.4 Å². The first-order valence-electron chi connectivity index (χ1n) is 5.23. The molecule has 0 bridgehead atoms. The molecule has 0 saturated heterocycles. The van der Waals surface area contributed by atoms with E-state index in [0.717, 1.165) is 16.9 Å². The largest absolute Gasteiger partial charge is 0.321 e. The smallest absolute Gasteiger partial charge is 0.0995 e. The first-order chi connectivity index (χ1) is 7.50. The van der Waals surface area contributed by atoms with Crippen molar-refractivity contribution < 1.29 is 0 Å². The second-order valence-corrected chi connectivity index (χ2v) is 4.53. The molecule has 0 atom stereocenters. The summed E-state index contributed by atoms with van der Waals surface area (Å²) in [4.78, 5) is 8.30. The van der Waals surface area contributed by atoms with Crippen LogP contribution in [0.3, 0.4) is 0 Å². The average molecular weight is 216 g/mol. The molecule has 0 spiro atoms. The molecule has 0 saturated carbocycles. The average Bonchev–Trinajstić information content (AvgIpc) is 2.66. The molecule has 0 fully saturated rings. The summed E-state index contributed by atoms with van der Waals surface area (Å²) in [5.74, 6) is 0. The van der Waals surface area contributed by atoms with E-state index in [1.54, 1.807) is 18.7 Å². The number of pyridine rings is 1. The second-order valence-electron chi connectivity index (χ2n) is 4.53. The van der Waals surface area contributed by atoms with Crippen molar-refractivity contribution in [3.05, 3.63) is 42.2 Å². The van der Waals surface area contributed by atoms with Gasteiger partial charge in [-0.1, -0.05) is 0 Å². The maximum atomic E-state index is 6.11. The summed E-state index contributed by atoms with van der Waals surface area (Å²) in [6.07, 6.45) is 7.18. The molecule has 4 nitrogen and oxygen atoms in total. The third kappa shape index (κ3) is 1.84. The zero-order valence-electron chi connectivity index (χ0n) is 9.81. The maximum Gasteiger partial charge on any atom is 0.0995 e. The number of hydrogen-bond donors (Lipinski definition) is 1. The highest BCUT2D eigenvalue weighted by Crippen LogP contribution is 2.21. The fourth-order valence-corrected chi connectivity index (χ4v) is 1.67. The van der Waals surface area contributed by atoms with Crippen LogP contribution in [-0.4, -0.2) is 14.5 Å². The Morgan fingerprint density at radius 1 is 1.25 bits per heavy atom. The Kier molecular flexibility index (Phi) is 2.52. The predicted octanol–water partition coefficient (Wildman–Crippen LogP) is 1.77. The number of nitrogens with two attached hydrogens (primary N) is 1. The zero-order valence-corrected chi connectivity index (χ0v) is 9.81. The minimum absolute atomic E-state index is 0.418. The summed E-state index contributed by atoms with van der Waals surface area (Å²) in [6, 6.07) is 1.97. The number of hydrogen-bond acceptors (Lipinski definition) is 3. The van der Waals surface area contributed by atoms with Crippen LogP contribution in [0.5, 0.6) is 0 Å². The molecule has 16 heavy (non-hydrogen) atoms. The molecule has 2 N–H and O–H groups in total. The third-order valence-electron chi connectivity index (χ3n) is 2.57. The number of imidazole rings is 1. The van der Waals surface area contributed by atoms with Gasteiger partial charge in [0.2, 0.25) is 0 Å². The van der Waals surface area contributed by atoms with Gasteiger partial charge in [-0.25, -0.2) is 4.98 Å². The summed E-state index contributed by atoms with van der Waals surface area (Å²) in [6.45, 7) is 5.97. The summed E-state index contributed by atoms with van der Waals surface area (Å²) >= 11 is 0. The van der Waals surface area contributed by atoms with Gasteiger partial charge in [0.25, 0.3) is 0 Å². The van der Waals surface area contributed by atoms with Crippen LogP contribution in [-0.2, 0) is 5.54 Å². The Morgan fingerprint density at radius 3 is 2.62 bits per heavy atom. The van der Waals surface area contributed by atoms with Crippen molar-refractivity contribution in [3.63, 3.8) is 0 Å². The van der Waals surface area contributed by atoms with E-state index in [9.17, 15) is 0 Å². The van der Waals surface area contributed by atoms with E-state index in [2.05, 4.69) is 9.97 Å². The van der Waals surface area contributed by atoms with Crippen LogP contribution in [0, 0.1) is 6.92 Å². The van der Waals surface area contributed by atoms with Crippen LogP contribution in [0.25, 0.3) is 5.69 Å². The lowest BCUT2D eigenvalue weighted by atomic mass is 10.0. The van der Waals surface area contributed by atoms with Crippen LogP contribution in [0.15, 0.2) is 31.0 Å². The lowest BCUT2D eigenvalue weighted by molar-refractivity contribution is 0.524. The van der Waals surface area contributed by atoms with E-state index in [1.807, 2.05) is 37.6 Å². The van der Waals surface area contributed by atoms with E-state index in [0.29, 0.717) is 0 Å². The molecule has 0 aliphatic rings. The van der Waals surface area contributed by atoms with Gasteiger partial charge < -0.3 is 5.73 Å². The van der Waals surface area contributed by atoms with Gasteiger partial charge in [-0.2, -0.15) is 0 Å². The van der Waals surface area contributed by atoms with E-state index in [4.69, 9.17) is 5.73 Å². The lowest BCUT2D eigenvalue weighted by Crippen LogP contribution is -2.31. The molecule has 0 aromatic carbocycles. The quantitative estimate of drug-likeness (QED) is 0.832. The zero-order chi connectivity index (χ0) is 11.8. The monoisotopic (exact) mass is 216 g/mol. The van der Waals surface area contributed by atoms with Gasteiger partial charge in [-0.15, -0.1) is 0 Å². The Morgan fingerprint density at radius 2 is 2.00 bits per heavy atom. The summed E-state index contributed by atoms with van der Waals surface area (Å²) in [5, 5.41) is 0. The van der Waals surface area contributed by atoms with Crippen LogP contribution in [0.1, 0.15) is 25.1 Å². The first-order valence-corrected chi connectivity index (χ1v) is 5.23. The molecule has 0 aliphatic carbocycles.